The maximum absolute atomic E-state index is 3.08. The van der Waals surface area contributed by atoms with Gasteiger partial charge in [-0.25, -0.2) is 0 Å². The van der Waals surface area contributed by atoms with Crippen molar-refractivity contribution in [1.29, 1.82) is 0 Å². The Morgan fingerprint density at radius 3 is 1.61 bits per heavy atom. The predicted molar refractivity (Wildman–Crippen MR) is 295 cm³/mol. The van der Waals surface area contributed by atoms with E-state index in [9.17, 15) is 0 Å². The Balaban J connectivity index is 0.00000162. The van der Waals surface area contributed by atoms with Crippen molar-refractivity contribution >= 4 is 0 Å². The highest BCUT2D eigenvalue weighted by Gasteiger charge is 2.56. The first kappa shape index (κ1) is 54.5. The highest BCUT2D eigenvalue weighted by atomic mass is 14.6. The molecule has 0 nitrogen and oxygen atoms in total. The molecule has 0 aromatic rings. The molecule has 9 saturated carbocycles. The van der Waals surface area contributed by atoms with E-state index >= 15 is 0 Å². The van der Waals surface area contributed by atoms with Gasteiger partial charge in [-0.3, -0.25) is 0 Å². The monoisotopic (exact) mass is 925 g/mol. The molecule has 0 heteroatoms. The molecule has 0 amide bonds. The van der Waals surface area contributed by atoms with E-state index < -0.39 is 0 Å². The summed E-state index contributed by atoms with van der Waals surface area (Å²) in [5.41, 5.74) is 1.96. The minimum Gasteiger partial charge on any atom is -0.0850 e. The molecule has 67 heavy (non-hydrogen) atoms. The van der Waals surface area contributed by atoms with Crippen LogP contribution < -0.4 is 0 Å². The van der Waals surface area contributed by atoms with Gasteiger partial charge >= 0.3 is 0 Å². The Labute approximate surface area is 421 Å². The van der Waals surface area contributed by atoms with E-state index in [-0.39, 0.29) is 7.43 Å². The van der Waals surface area contributed by atoms with Crippen molar-refractivity contribution in [2.24, 2.45) is 118 Å². The fourth-order valence-corrected chi connectivity index (χ4v) is 21.2. The summed E-state index contributed by atoms with van der Waals surface area (Å²) in [6.07, 6.45) is 59.8. The van der Waals surface area contributed by atoms with Crippen LogP contribution in [0.5, 0.6) is 0 Å². The van der Waals surface area contributed by atoms with Gasteiger partial charge in [0.25, 0.3) is 0 Å². The van der Waals surface area contributed by atoms with Crippen molar-refractivity contribution in [3.05, 3.63) is 11.6 Å². The Hall–Kier alpha value is -0.260. The van der Waals surface area contributed by atoms with E-state index in [0.29, 0.717) is 0 Å². The Morgan fingerprint density at radius 1 is 0.493 bits per heavy atom. The number of hydrogen-bond acceptors (Lipinski definition) is 0. The van der Waals surface area contributed by atoms with Crippen LogP contribution in [0.3, 0.4) is 0 Å². The first-order valence-corrected chi connectivity index (χ1v) is 32.1. The van der Waals surface area contributed by atoms with Crippen LogP contribution >= 0.6 is 0 Å². The minimum absolute atomic E-state index is 0. The third-order valence-electron chi connectivity index (χ3n) is 23.9. The van der Waals surface area contributed by atoms with Crippen LogP contribution in [-0.4, -0.2) is 0 Å². The molecule has 0 N–H and O–H groups in total. The SMILES string of the molecule is C.CCC.CCCCC(CC)C1CC(C/C=C(\CC)CC2C(CCC3CCCCC3C)C3CCCC3C(C3CCCC4CCCCC43)C2CC)C(C2CCCC3CCCCC32)C2CCCCC12. The summed E-state index contributed by atoms with van der Waals surface area (Å²) in [5, 5.41) is 0. The summed E-state index contributed by atoms with van der Waals surface area (Å²) in [5.74, 6) is 20.7. The summed E-state index contributed by atoms with van der Waals surface area (Å²) >= 11 is 0. The van der Waals surface area contributed by atoms with Crippen molar-refractivity contribution in [3.63, 3.8) is 0 Å². The average molecular weight is 926 g/mol. The first-order valence-electron chi connectivity index (χ1n) is 32.1. The van der Waals surface area contributed by atoms with Crippen LogP contribution in [0.15, 0.2) is 11.6 Å². The highest BCUT2D eigenvalue weighted by molar-refractivity contribution is 5.11. The van der Waals surface area contributed by atoms with Gasteiger partial charge in [-0.15, -0.1) is 0 Å². The lowest BCUT2D eigenvalue weighted by Crippen LogP contribution is -2.50. The largest absolute Gasteiger partial charge is 0.0850 e. The highest BCUT2D eigenvalue weighted by Crippen LogP contribution is 2.64. The Bertz CT molecular complexity index is 1400. The van der Waals surface area contributed by atoms with Gasteiger partial charge < -0.3 is 0 Å². The third kappa shape index (κ3) is 12.6. The molecule has 9 rings (SSSR count). The van der Waals surface area contributed by atoms with Crippen molar-refractivity contribution in [3.8, 4) is 0 Å². The van der Waals surface area contributed by atoms with Crippen LogP contribution in [-0.2, 0) is 0 Å². The molecule has 20 unspecified atom stereocenters. The van der Waals surface area contributed by atoms with Crippen LogP contribution in [0.1, 0.15) is 293 Å². The average Bonchev–Trinajstić information content (AvgIpc) is 3.85. The third-order valence-corrected chi connectivity index (χ3v) is 23.9. The first-order chi connectivity index (χ1) is 32.4. The van der Waals surface area contributed by atoms with Crippen LogP contribution in [0, 0.1) is 118 Å². The molecule has 0 aromatic heterocycles. The van der Waals surface area contributed by atoms with Gasteiger partial charge in [0.05, 0.1) is 0 Å². The summed E-state index contributed by atoms with van der Waals surface area (Å²) in [6.45, 7) is 17.3. The second-order valence-electron chi connectivity index (χ2n) is 27.0. The van der Waals surface area contributed by atoms with E-state index in [4.69, 9.17) is 0 Å². The number of rotatable bonds is 16. The molecule has 0 heterocycles. The molecule has 0 saturated heterocycles. The second-order valence-corrected chi connectivity index (χ2v) is 27.0. The van der Waals surface area contributed by atoms with E-state index in [1.54, 1.807) is 161 Å². The fourth-order valence-electron chi connectivity index (χ4n) is 21.2. The normalized spacial score (nSPS) is 43.8. The quantitative estimate of drug-likeness (QED) is 0.135. The molecule has 0 radical (unpaired) electrons. The van der Waals surface area contributed by atoms with Gasteiger partial charge in [0, 0.05) is 0 Å². The van der Waals surface area contributed by atoms with Gasteiger partial charge in [0.15, 0.2) is 0 Å². The van der Waals surface area contributed by atoms with Gasteiger partial charge in [-0.1, -0.05) is 215 Å². The molecule has 9 aliphatic carbocycles. The van der Waals surface area contributed by atoms with Crippen molar-refractivity contribution in [1.82, 2.24) is 0 Å². The maximum atomic E-state index is 3.08. The van der Waals surface area contributed by atoms with Crippen molar-refractivity contribution in [2.75, 3.05) is 0 Å². The molecule has 9 fully saturated rings. The molecule has 0 aromatic carbocycles. The van der Waals surface area contributed by atoms with Gasteiger partial charge in [-0.2, -0.15) is 0 Å². The number of unbranched alkanes of at least 4 members (excludes halogenated alkanes) is 1. The smallest absolute Gasteiger partial charge is 0.0286 e. The van der Waals surface area contributed by atoms with Gasteiger partial charge in [-0.05, 0) is 208 Å². The molecule has 20 atom stereocenters. The summed E-state index contributed by atoms with van der Waals surface area (Å²) in [6, 6.07) is 0. The summed E-state index contributed by atoms with van der Waals surface area (Å²) in [7, 11) is 0. The predicted octanol–water partition coefficient (Wildman–Crippen LogP) is 21.6. The lowest BCUT2D eigenvalue weighted by molar-refractivity contribution is -0.0788. The minimum atomic E-state index is 0. The lowest BCUT2D eigenvalue weighted by Gasteiger charge is -2.57. The zero-order valence-electron chi connectivity index (χ0n) is 45.8. The van der Waals surface area contributed by atoms with Crippen molar-refractivity contribution in [2.45, 2.75) is 293 Å². The standard InChI is InChI=1S/C63H108.C3H8.CH4/c1-6-10-23-45(8-3)60-42-49(62(58-32-18-17-31-54(58)60)56-34-19-27-47-25-13-15-29-51(47)56)38-37-44(7-2)41-61-50(9-4)63(57-35-20-28-48-26-14-16-30-52(48)57)59-36-21-33-53(59)55(61)40-39-46-24-12-11-22-43(46)5;1-3-2;/h37,43,45-63H,6-36,38-42H2,1-5H3;3H2,1-2H3;1H4/b44-37+;;. The second kappa shape index (κ2) is 27.2. The summed E-state index contributed by atoms with van der Waals surface area (Å²) < 4.78 is 0. The molecular formula is C67H120. The number of fused-ring (bicyclic) bond motifs is 4. The van der Waals surface area contributed by atoms with E-state index in [2.05, 4.69) is 54.5 Å². The number of allylic oxidation sites excluding steroid dienone is 2. The van der Waals surface area contributed by atoms with Crippen LogP contribution in [0.4, 0.5) is 0 Å². The Kier molecular flexibility index (Phi) is 22.1. The topological polar surface area (TPSA) is 0 Å². The van der Waals surface area contributed by atoms with Gasteiger partial charge in [0.1, 0.15) is 0 Å². The van der Waals surface area contributed by atoms with E-state index in [0.717, 1.165) is 118 Å². The van der Waals surface area contributed by atoms with E-state index in [1.165, 1.54) is 77.0 Å². The Morgan fingerprint density at radius 2 is 1.00 bits per heavy atom. The van der Waals surface area contributed by atoms with Crippen LogP contribution in [0.2, 0.25) is 0 Å². The van der Waals surface area contributed by atoms with Crippen LogP contribution in [0.25, 0.3) is 0 Å². The molecule has 0 aliphatic heterocycles. The molecule has 0 spiro atoms. The van der Waals surface area contributed by atoms with E-state index in [1.807, 2.05) is 5.57 Å². The van der Waals surface area contributed by atoms with Crippen molar-refractivity contribution < 1.29 is 0 Å². The fraction of sp³-hybridized carbons (Fsp3) is 0.970. The van der Waals surface area contributed by atoms with Gasteiger partial charge in [0.2, 0.25) is 0 Å². The zero-order valence-corrected chi connectivity index (χ0v) is 45.8. The molecule has 388 valence electrons. The molecular weight excluding hydrogens is 805 g/mol. The summed E-state index contributed by atoms with van der Waals surface area (Å²) in [4.78, 5) is 0. The molecule has 0 bridgehead atoms. The number of hydrogen-bond donors (Lipinski definition) is 0. The zero-order chi connectivity index (χ0) is 46.0. The maximum Gasteiger partial charge on any atom is -0.0286 e. The lowest BCUT2D eigenvalue weighted by atomic mass is 9.48. The molecule has 9 aliphatic rings.